The van der Waals surface area contributed by atoms with E-state index in [0.717, 1.165) is 0 Å². The van der Waals surface area contributed by atoms with Crippen molar-refractivity contribution in [3.8, 4) is 0 Å². The SMILES string of the molecule is CCCCCC[B-](Br)(CCCCC)[S+](C)C. The van der Waals surface area contributed by atoms with Gasteiger partial charge < -0.3 is 0 Å². The van der Waals surface area contributed by atoms with E-state index >= 15 is 0 Å². The van der Waals surface area contributed by atoms with Crippen LogP contribution in [0.4, 0.5) is 0 Å². The average molecular weight is 309 g/mol. The molecular formula is C13H30BBrS. The Morgan fingerprint density at radius 2 is 1.25 bits per heavy atom. The Bertz CT molecular complexity index is 164. The summed E-state index contributed by atoms with van der Waals surface area (Å²) < 4.78 is -0.241. The largest absolute Gasteiger partial charge is 0.285 e. The quantitative estimate of drug-likeness (QED) is 0.285. The molecule has 0 N–H and O–H groups in total. The van der Waals surface area contributed by atoms with Crippen molar-refractivity contribution in [3.63, 3.8) is 0 Å². The molecule has 1 unspecified atom stereocenters. The average Bonchev–Trinajstić information content (AvgIpc) is 2.25. The summed E-state index contributed by atoms with van der Waals surface area (Å²) in [7, 11) is 0.551. The van der Waals surface area contributed by atoms with Gasteiger partial charge in [0.25, 0.3) is 4.25 Å². The standard InChI is InChI=1S/C13H30BBrS/c1-5-7-9-11-13-14(15,16(3)4)12-10-8-6-2/h5-13H2,1-4H3. The first kappa shape index (κ1) is 16.9. The van der Waals surface area contributed by atoms with Crippen LogP contribution in [0.5, 0.6) is 0 Å². The van der Waals surface area contributed by atoms with Gasteiger partial charge in [-0.25, -0.2) is 10.7 Å². The molecular weight excluding hydrogens is 279 g/mol. The van der Waals surface area contributed by atoms with Crippen molar-refractivity contribution in [2.75, 3.05) is 12.5 Å². The van der Waals surface area contributed by atoms with Crippen LogP contribution >= 0.6 is 15.8 Å². The van der Waals surface area contributed by atoms with Gasteiger partial charge in [0.15, 0.2) is 0 Å². The van der Waals surface area contributed by atoms with E-state index in [1.165, 1.54) is 57.6 Å². The maximum Gasteiger partial charge on any atom is 0.283 e. The van der Waals surface area contributed by atoms with Gasteiger partial charge in [0.05, 0.1) is 12.5 Å². The molecule has 16 heavy (non-hydrogen) atoms. The fraction of sp³-hybridized carbons (Fsp3) is 1.00. The first-order valence-corrected chi connectivity index (χ1v) is 10.0. The second kappa shape index (κ2) is 9.88. The van der Waals surface area contributed by atoms with E-state index in [-0.39, 0.29) is 4.25 Å². The predicted molar refractivity (Wildman–Crippen MR) is 87.2 cm³/mol. The Kier molecular flexibility index (Phi) is 10.4. The fourth-order valence-corrected chi connectivity index (χ4v) is 4.11. The van der Waals surface area contributed by atoms with Crippen LogP contribution in [0.15, 0.2) is 0 Å². The summed E-state index contributed by atoms with van der Waals surface area (Å²) in [4.78, 5) is 0. The molecule has 0 radical (unpaired) electrons. The van der Waals surface area contributed by atoms with Crippen LogP contribution < -0.4 is 0 Å². The van der Waals surface area contributed by atoms with E-state index in [2.05, 4.69) is 42.1 Å². The van der Waals surface area contributed by atoms with Crippen molar-refractivity contribution in [2.24, 2.45) is 0 Å². The van der Waals surface area contributed by atoms with E-state index in [4.69, 9.17) is 0 Å². The van der Waals surface area contributed by atoms with Crippen molar-refractivity contribution in [1.82, 2.24) is 0 Å². The highest BCUT2D eigenvalue weighted by Crippen LogP contribution is 2.33. The number of hydrogen-bond acceptors (Lipinski definition) is 0. The molecule has 0 nitrogen and oxygen atoms in total. The smallest absolute Gasteiger partial charge is 0.283 e. The molecule has 0 aliphatic heterocycles. The third-order valence-corrected chi connectivity index (χ3v) is 8.89. The molecule has 0 heterocycles. The fourth-order valence-electron chi connectivity index (χ4n) is 2.19. The maximum atomic E-state index is 4.11. The van der Waals surface area contributed by atoms with Crippen molar-refractivity contribution in [3.05, 3.63) is 0 Å². The molecule has 0 bridgehead atoms. The molecule has 0 rings (SSSR count). The molecule has 0 spiro atoms. The van der Waals surface area contributed by atoms with E-state index in [1.807, 2.05) is 0 Å². The van der Waals surface area contributed by atoms with E-state index in [0.29, 0.717) is 10.7 Å². The number of rotatable bonds is 10. The summed E-state index contributed by atoms with van der Waals surface area (Å²) in [5.41, 5.74) is 0. The normalized spacial score (nSPS) is 15.4. The summed E-state index contributed by atoms with van der Waals surface area (Å²) in [6.45, 7) is 4.58. The molecule has 0 aromatic heterocycles. The van der Waals surface area contributed by atoms with E-state index in [1.54, 1.807) is 0 Å². The van der Waals surface area contributed by atoms with Crippen LogP contribution in [0, 0.1) is 0 Å². The van der Waals surface area contributed by atoms with Crippen molar-refractivity contribution in [2.45, 2.75) is 71.4 Å². The van der Waals surface area contributed by atoms with Crippen LogP contribution in [0.2, 0.25) is 12.6 Å². The third kappa shape index (κ3) is 7.27. The molecule has 0 aromatic rings. The highest BCUT2D eigenvalue weighted by atomic mass is 79.9. The van der Waals surface area contributed by atoms with Crippen LogP contribution in [-0.2, 0) is 10.7 Å². The second-order valence-electron chi connectivity index (χ2n) is 5.24. The molecule has 0 aliphatic carbocycles. The predicted octanol–water partition coefficient (Wildman–Crippen LogP) is 5.47. The van der Waals surface area contributed by atoms with Gasteiger partial charge in [0.2, 0.25) is 0 Å². The Morgan fingerprint density at radius 3 is 1.69 bits per heavy atom. The molecule has 0 fully saturated rings. The van der Waals surface area contributed by atoms with Crippen LogP contribution in [-0.4, -0.2) is 16.8 Å². The summed E-state index contributed by atoms with van der Waals surface area (Å²) in [5.74, 6) is 0. The van der Waals surface area contributed by atoms with Crippen molar-refractivity contribution < 1.29 is 0 Å². The first-order valence-electron chi connectivity index (χ1n) is 7.00. The van der Waals surface area contributed by atoms with Crippen LogP contribution in [0.1, 0.15) is 58.8 Å². The summed E-state index contributed by atoms with van der Waals surface area (Å²) >= 11 is 4.11. The number of halogens is 1. The molecule has 0 saturated heterocycles. The minimum absolute atomic E-state index is 0.241. The number of hydrogen-bond donors (Lipinski definition) is 0. The van der Waals surface area contributed by atoms with Gasteiger partial charge in [-0.2, -0.15) is 0 Å². The lowest BCUT2D eigenvalue weighted by Crippen LogP contribution is -2.36. The van der Waals surface area contributed by atoms with Gasteiger partial charge >= 0.3 is 0 Å². The molecule has 98 valence electrons. The topological polar surface area (TPSA) is 0 Å². The Labute approximate surface area is 114 Å². The third-order valence-electron chi connectivity index (χ3n) is 3.57. The lowest BCUT2D eigenvalue weighted by atomic mass is 9.65. The van der Waals surface area contributed by atoms with Gasteiger partial charge in [-0.15, -0.1) is 12.6 Å². The zero-order valence-corrected chi connectivity index (χ0v) is 14.1. The molecule has 1 atom stereocenters. The minimum atomic E-state index is -0.241. The van der Waals surface area contributed by atoms with Gasteiger partial charge in [-0.05, 0) is 0 Å². The molecule has 0 saturated carbocycles. The highest BCUT2D eigenvalue weighted by molar-refractivity contribution is 9.31. The van der Waals surface area contributed by atoms with Gasteiger partial charge in [0, 0.05) is 0 Å². The Hall–Kier alpha value is 0.895. The van der Waals surface area contributed by atoms with Crippen LogP contribution in [0.25, 0.3) is 0 Å². The highest BCUT2D eigenvalue weighted by Gasteiger charge is 2.33. The van der Waals surface area contributed by atoms with Crippen LogP contribution in [0.3, 0.4) is 0 Å². The maximum absolute atomic E-state index is 4.11. The molecule has 0 aliphatic rings. The molecule has 3 heteroatoms. The van der Waals surface area contributed by atoms with E-state index < -0.39 is 0 Å². The summed E-state index contributed by atoms with van der Waals surface area (Å²) in [6.07, 6.45) is 17.5. The van der Waals surface area contributed by atoms with Gasteiger partial charge in [-0.3, -0.25) is 15.8 Å². The minimum Gasteiger partial charge on any atom is -0.285 e. The first-order chi connectivity index (χ1) is 7.56. The lowest BCUT2D eigenvalue weighted by Gasteiger charge is -2.30. The molecule has 0 amide bonds. The summed E-state index contributed by atoms with van der Waals surface area (Å²) in [6, 6.07) is 0. The second-order valence-corrected chi connectivity index (χ2v) is 10.3. The Morgan fingerprint density at radius 1 is 0.812 bits per heavy atom. The zero-order chi connectivity index (χ0) is 12.4. The van der Waals surface area contributed by atoms with Crippen molar-refractivity contribution >= 4 is 30.8 Å². The van der Waals surface area contributed by atoms with Gasteiger partial charge in [0.1, 0.15) is 0 Å². The zero-order valence-electron chi connectivity index (χ0n) is 11.7. The summed E-state index contributed by atoms with van der Waals surface area (Å²) in [5, 5.41) is 0. The number of unbranched alkanes of at least 4 members (excludes halogenated alkanes) is 5. The monoisotopic (exact) mass is 308 g/mol. The van der Waals surface area contributed by atoms with Gasteiger partial charge in [-0.1, -0.05) is 58.8 Å². The Balaban J connectivity index is 3.91. The van der Waals surface area contributed by atoms with E-state index in [9.17, 15) is 0 Å². The lowest BCUT2D eigenvalue weighted by molar-refractivity contribution is 0.696. The molecule has 0 aromatic carbocycles. The van der Waals surface area contributed by atoms with Crippen molar-refractivity contribution in [1.29, 1.82) is 0 Å².